The minimum Gasteiger partial charge on any atom is -0.322 e. The van der Waals surface area contributed by atoms with Gasteiger partial charge in [0.15, 0.2) is 0 Å². The van der Waals surface area contributed by atoms with Crippen LogP contribution in [0, 0.1) is 12.3 Å². The molecule has 1 aromatic rings. The lowest BCUT2D eigenvalue weighted by atomic mass is 9.95. The number of hydrogen-bond donors (Lipinski definition) is 1. The van der Waals surface area contributed by atoms with Gasteiger partial charge in [0.1, 0.15) is 0 Å². The van der Waals surface area contributed by atoms with Gasteiger partial charge in [-0.25, -0.2) is 0 Å². The van der Waals surface area contributed by atoms with Crippen molar-refractivity contribution in [2.45, 2.75) is 32.7 Å². The summed E-state index contributed by atoms with van der Waals surface area (Å²) >= 11 is 0. The summed E-state index contributed by atoms with van der Waals surface area (Å²) < 4.78 is 1.84. The van der Waals surface area contributed by atoms with E-state index in [-0.39, 0.29) is 6.04 Å². The van der Waals surface area contributed by atoms with Gasteiger partial charge in [0.25, 0.3) is 0 Å². The van der Waals surface area contributed by atoms with Crippen LogP contribution in [0.1, 0.15) is 37.1 Å². The Balaban J connectivity index is 2.29. The molecule has 1 atom stereocenters. The summed E-state index contributed by atoms with van der Waals surface area (Å²) in [5.41, 5.74) is 8.77. The standard InChI is InChI=1S/C10H17N3/c1-7-6-13(3)12-8(7)9(11)10(2)4-5-10/h6,9H,4-5,11H2,1-3H3/t9-/m0/s1. The molecule has 0 aliphatic heterocycles. The van der Waals surface area contributed by atoms with Crippen LogP contribution >= 0.6 is 0 Å². The van der Waals surface area contributed by atoms with Crippen LogP contribution in [-0.4, -0.2) is 9.78 Å². The molecule has 1 aliphatic rings. The number of aryl methyl sites for hydroxylation is 2. The van der Waals surface area contributed by atoms with E-state index in [1.807, 2.05) is 17.9 Å². The highest BCUT2D eigenvalue weighted by molar-refractivity contribution is 5.22. The van der Waals surface area contributed by atoms with Crippen molar-refractivity contribution in [2.24, 2.45) is 18.2 Å². The van der Waals surface area contributed by atoms with Crippen molar-refractivity contribution in [1.29, 1.82) is 0 Å². The molecule has 0 amide bonds. The number of nitrogens with zero attached hydrogens (tertiary/aromatic N) is 2. The minimum atomic E-state index is 0.119. The van der Waals surface area contributed by atoms with E-state index >= 15 is 0 Å². The molecule has 3 nitrogen and oxygen atoms in total. The van der Waals surface area contributed by atoms with E-state index in [2.05, 4.69) is 18.9 Å². The molecular formula is C10H17N3. The number of hydrogen-bond acceptors (Lipinski definition) is 2. The normalized spacial score (nSPS) is 21.5. The first-order valence-corrected chi connectivity index (χ1v) is 4.79. The molecule has 1 aliphatic carbocycles. The van der Waals surface area contributed by atoms with Gasteiger partial charge in [0, 0.05) is 13.2 Å². The van der Waals surface area contributed by atoms with E-state index in [1.54, 1.807) is 0 Å². The monoisotopic (exact) mass is 179 g/mol. The van der Waals surface area contributed by atoms with Gasteiger partial charge in [0.2, 0.25) is 0 Å². The molecule has 3 heteroatoms. The third-order valence-electron chi connectivity index (χ3n) is 3.13. The Kier molecular flexibility index (Phi) is 1.74. The van der Waals surface area contributed by atoms with Crippen molar-refractivity contribution in [3.63, 3.8) is 0 Å². The average Bonchev–Trinajstić information content (AvgIpc) is 2.71. The summed E-state index contributed by atoms with van der Waals surface area (Å²) in [6, 6.07) is 0.119. The molecule has 0 unspecified atom stereocenters. The van der Waals surface area contributed by atoms with Crippen LogP contribution in [-0.2, 0) is 7.05 Å². The maximum atomic E-state index is 6.17. The van der Waals surface area contributed by atoms with Crippen molar-refractivity contribution < 1.29 is 0 Å². The van der Waals surface area contributed by atoms with Gasteiger partial charge in [-0.15, -0.1) is 0 Å². The van der Waals surface area contributed by atoms with Crippen LogP contribution in [0.15, 0.2) is 6.20 Å². The fourth-order valence-electron chi connectivity index (χ4n) is 1.77. The highest BCUT2D eigenvalue weighted by atomic mass is 15.3. The SMILES string of the molecule is Cc1cn(C)nc1[C@H](N)C1(C)CC1. The molecule has 72 valence electrons. The highest BCUT2D eigenvalue weighted by Gasteiger charge is 2.45. The van der Waals surface area contributed by atoms with Crippen molar-refractivity contribution in [2.75, 3.05) is 0 Å². The van der Waals surface area contributed by atoms with E-state index in [4.69, 9.17) is 5.73 Å². The summed E-state index contributed by atoms with van der Waals surface area (Å²) in [7, 11) is 1.94. The lowest BCUT2D eigenvalue weighted by Gasteiger charge is -2.16. The summed E-state index contributed by atoms with van der Waals surface area (Å²) in [5, 5.41) is 4.41. The number of rotatable bonds is 2. The molecule has 2 N–H and O–H groups in total. The maximum absolute atomic E-state index is 6.17. The minimum absolute atomic E-state index is 0.119. The highest BCUT2D eigenvalue weighted by Crippen LogP contribution is 2.53. The fraction of sp³-hybridized carbons (Fsp3) is 0.700. The van der Waals surface area contributed by atoms with Gasteiger partial charge in [-0.2, -0.15) is 5.10 Å². The zero-order valence-electron chi connectivity index (χ0n) is 8.54. The lowest BCUT2D eigenvalue weighted by Crippen LogP contribution is -2.21. The van der Waals surface area contributed by atoms with Crippen LogP contribution < -0.4 is 5.73 Å². The topological polar surface area (TPSA) is 43.8 Å². The molecule has 1 fully saturated rings. The maximum Gasteiger partial charge on any atom is 0.0826 e. The second kappa shape index (κ2) is 2.58. The Morgan fingerprint density at radius 1 is 1.62 bits per heavy atom. The fourth-order valence-corrected chi connectivity index (χ4v) is 1.77. The molecule has 1 saturated carbocycles. The van der Waals surface area contributed by atoms with Crippen LogP contribution in [0.25, 0.3) is 0 Å². The van der Waals surface area contributed by atoms with E-state index in [1.165, 1.54) is 18.4 Å². The molecule has 1 heterocycles. The third kappa shape index (κ3) is 1.37. The van der Waals surface area contributed by atoms with Gasteiger partial charge < -0.3 is 5.73 Å². The second-order valence-electron chi connectivity index (χ2n) is 4.50. The second-order valence-corrected chi connectivity index (χ2v) is 4.50. The quantitative estimate of drug-likeness (QED) is 0.748. The average molecular weight is 179 g/mol. The molecule has 0 saturated heterocycles. The van der Waals surface area contributed by atoms with Crippen molar-refractivity contribution in [3.05, 3.63) is 17.5 Å². The summed E-state index contributed by atoms with van der Waals surface area (Å²) in [4.78, 5) is 0. The Bertz CT molecular complexity index is 323. The first-order valence-electron chi connectivity index (χ1n) is 4.79. The van der Waals surface area contributed by atoms with Crippen LogP contribution in [0.3, 0.4) is 0 Å². The van der Waals surface area contributed by atoms with Gasteiger partial charge in [-0.05, 0) is 30.7 Å². The largest absolute Gasteiger partial charge is 0.322 e. The Hall–Kier alpha value is -0.830. The zero-order chi connectivity index (χ0) is 9.64. The molecule has 0 radical (unpaired) electrons. The molecule has 2 rings (SSSR count). The smallest absolute Gasteiger partial charge is 0.0826 e. The molecule has 0 bridgehead atoms. The molecule has 1 aromatic heterocycles. The van der Waals surface area contributed by atoms with Gasteiger partial charge >= 0.3 is 0 Å². The Morgan fingerprint density at radius 2 is 2.23 bits per heavy atom. The number of nitrogens with two attached hydrogens (primary N) is 1. The van der Waals surface area contributed by atoms with Crippen LogP contribution in [0.4, 0.5) is 0 Å². The zero-order valence-corrected chi connectivity index (χ0v) is 8.54. The van der Waals surface area contributed by atoms with Crippen LogP contribution in [0.5, 0.6) is 0 Å². The first-order chi connectivity index (χ1) is 6.03. The van der Waals surface area contributed by atoms with E-state index in [9.17, 15) is 0 Å². The first kappa shape index (κ1) is 8.75. The van der Waals surface area contributed by atoms with Gasteiger partial charge in [-0.3, -0.25) is 4.68 Å². The summed E-state index contributed by atoms with van der Waals surface area (Å²) in [6.07, 6.45) is 4.51. The Labute approximate surface area is 78.9 Å². The summed E-state index contributed by atoms with van der Waals surface area (Å²) in [5.74, 6) is 0. The third-order valence-corrected chi connectivity index (χ3v) is 3.13. The molecular weight excluding hydrogens is 162 g/mol. The predicted molar refractivity (Wildman–Crippen MR) is 52.2 cm³/mol. The molecule has 13 heavy (non-hydrogen) atoms. The summed E-state index contributed by atoms with van der Waals surface area (Å²) in [6.45, 7) is 4.32. The predicted octanol–water partition coefficient (Wildman–Crippen LogP) is 1.53. The van der Waals surface area contributed by atoms with Crippen molar-refractivity contribution in [3.8, 4) is 0 Å². The van der Waals surface area contributed by atoms with E-state index < -0.39 is 0 Å². The van der Waals surface area contributed by atoms with Gasteiger partial charge in [-0.1, -0.05) is 6.92 Å². The molecule has 0 aromatic carbocycles. The van der Waals surface area contributed by atoms with Crippen molar-refractivity contribution >= 4 is 0 Å². The van der Waals surface area contributed by atoms with E-state index in [0.717, 1.165) is 5.69 Å². The number of aromatic nitrogens is 2. The van der Waals surface area contributed by atoms with Gasteiger partial charge in [0.05, 0.1) is 11.7 Å². The lowest BCUT2D eigenvalue weighted by molar-refractivity contribution is 0.436. The molecule has 0 spiro atoms. The van der Waals surface area contributed by atoms with E-state index in [0.29, 0.717) is 5.41 Å². The van der Waals surface area contributed by atoms with Crippen LogP contribution in [0.2, 0.25) is 0 Å². The Morgan fingerprint density at radius 3 is 2.62 bits per heavy atom. The van der Waals surface area contributed by atoms with Crippen molar-refractivity contribution in [1.82, 2.24) is 9.78 Å².